The summed E-state index contributed by atoms with van der Waals surface area (Å²) in [6, 6.07) is 10.3. The van der Waals surface area contributed by atoms with Gasteiger partial charge in [0.2, 0.25) is 0 Å². The number of hydrogen-bond donors (Lipinski definition) is 0. The Bertz CT molecular complexity index is 304. The van der Waals surface area contributed by atoms with Crippen molar-refractivity contribution >= 4 is 14.9 Å². The van der Waals surface area contributed by atoms with Crippen LogP contribution in [0.4, 0.5) is 4.39 Å². The molecule has 0 bridgehead atoms. The molecule has 0 nitrogen and oxygen atoms in total. The van der Waals surface area contributed by atoms with E-state index in [-0.39, 0.29) is 6.67 Å². The monoisotopic (exact) mass is 222 g/mol. The molecular weight excluding hydrogens is 203 g/mol. The molecule has 82 valence electrons. The Hall–Kier alpha value is -0.893. The third-order valence-corrected chi connectivity index (χ3v) is 4.43. The van der Waals surface area contributed by atoms with Crippen LogP contribution in [0, 0.1) is 0 Å². The van der Waals surface area contributed by atoms with Gasteiger partial charge in [0.15, 0.2) is 0 Å². The van der Waals surface area contributed by atoms with Crippen molar-refractivity contribution in [1.82, 2.24) is 0 Å². The van der Waals surface area contributed by atoms with Crippen LogP contribution in [0.5, 0.6) is 0 Å². The van der Waals surface area contributed by atoms with Gasteiger partial charge in [-0.2, -0.15) is 0 Å². The summed E-state index contributed by atoms with van der Waals surface area (Å²) in [7, 11) is -0.792. The summed E-state index contributed by atoms with van der Waals surface area (Å²) in [6.45, 7) is 4.40. The Labute approximate surface area is 93.4 Å². The van der Waals surface area contributed by atoms with E-state index >= 15 is 0 Å². The van der Waals surface area contributed by atoms with Crippen LogP contribution in [0.3, 0.4) is 0 Å². The second kappa shape index (κ2) is 6.56. The zero-order valence-electron chi connectivity index (χ0n) is 9.54. The van der Waals surface area contributed by atoms with E-state index < -0.39 is 8.80 Å². The summed E-state index contributed by atoms with van der Waals surface area (Å²) >= 11 is 0. The first-order valence-electron chi connectivity index (χ1n) is 5.55. The van der Waals surface area contributed by atoms with Crippen LogP contribution in [0.1, 0.15) is 18.4 Å². The lowest BCUT2D eigenvalue weighted by Gasteiger charge is -2.09. The SMILES string of the molecule is C[SiH](C)C(=Cc1ccccc1)CCCF. The van der Waals surface area contributed by atoms with E-state index in [1.165, 1.54) is 10.8 Å². The van der Waals surface area contributed by atoms with Crippen molar-refractivity contribution in [3.63, 3.8) is 0 Å². The molecule has 1 aromatic carbocycles. The largest absolute Gasteiger partial charge is 0.251 e. The normalized spacial score (nSPS) is 12.1. The molecule has 1 aromatic rings. The topological polar surface area (TPSA) is 0 Å². The summed E-state index contributed by atoms with van der Waals surface area (Å²) in [4.78, 5) is 0. The Morgan fingerprint density at radius 2 is 1.93 bits per heavy atom. The number of rotatable bonds is 5. The van der Waals surface area contributed by atoms with Gasteiger partial charge in [-0.25, -0.2) is 0 Å². The average Bonchev–Trinajstić information content (AvgIpc) is 2.25. The zero-order valence-corrected chi connectivity index (χ0v) is 10.7. The van der Waals surface area contributed by atoms with Crippen LogP contribution >= 0.6 is 0 Å². The van der Waals surface area contributed by atoms with Crippen LogP contribution in [0.2, 0.25) is 13.1 Å². The lowest BCUT2D eigenvalue weighted by atomic mass is 10.2. The van der Waals surface area contributed by atoms with Crippen LogP contribution in [-0.2, 0) is 0 Å². The van der Waals surface area contributed by atoms with E-state index in [1.807, 2.05) is 18.2 Å². The van der Waals surface area contributed by atoms with Gasteiger partial charge in [-0.05, 0) is 18.4 Å². The molecule has 0 N–H and O–H groups in total. The number of alkyl halides is 1. The molecule has 0 fully saturated rings. The Morgan fingerprint density at radius 1 is 1.27 bits per heavy atom. The number of benzene rings is 1. The van der Waals surface area contributed by atoms with Crippen molar-refractivity contribution in [1.29, 1.82) is 0 Å². The van der Waals surface area contributed by atoms with Gasteiger partial charge in [-0.3, -0.25) is 4.39 Å². The summed E-state index contributed by atoms with van der Waals surface area (Å²) in [5.41, 5.74) is 1.24. The van der Waals surface area contributed by atoms with Crippen molar-refractivity contribution in [3.05, 3.63) is 41.1 Å². The van der Waals surface area contributed by atoms with Crippen LogP contribution in [-0.4, -0.2) is 15.5 Å². The Kier molecular flexibility index (Phi) is 5.33. The predicted octanol–water partition coefficient (Wildman–Crippen LogP) is 3.85. The first-order chi connectivity index (χ1) is 7.24. The number of allylic oxidation sites excluding steroid dienone is 1. The first-order valence-corrected chi connectivity index (χ1v) is 8.44. The highest BCUT2D eigenvalue weighted by Crippen LogP contribution is 2.14. The molecule has 0 unspecified atom stereocenters. The van der Waals surface area contributed by atoms with Crippen molar-refractivity contribution in [2.24, 2.45) is 0 Å². The van der Waals surface area contributed by atoms with E-state index in [4.69, 9.17) is 0 Å². The van der Waals surface area contributed by atoms with Crippen molar-refractivity contribution in [2.45, 2.75) is 25.9 Å². The maximum Gasteiger partial charge on any atom is 0.0897 e. The molecule has 0 spiro atoms. The molecule has 0 saturated carbocycles. The van der Waals surface area contributed by atoms with E-state index in [9.17, 15) is 4.39 Å². The highest BCUT2D eigenvalue weighted by Gasteiger charge is 2.04. The molecule has 0 aliphatic heterocycles. The minimum atomic E-state index is -0.792. The minimum absolute atomic E-state index is 0.201. The molecule has 15 heavy (non-hydrogen) atoms. The quantitative estimate of drug-likeness (QED) is 0.664. The maximum absolute atomic E-state index is 12.1. The van der Waals surface area contributed by atoms with Crippen LogP contribution in [0.15, 0.2) is 35.5 Å². The van der Waals surface area contributed by atoms with Gasteiger partial charge in [0.05, 0.1) is 15.5 Å². The fourth-order valence-corrected chi connectivity index (χ4v) is 2.87. The summed E-state index contributed by atoms with van der Waals surface area (Å²) < 4.78 is 12.1. The smallest absolute Gasteiger partial charge is 0.0897 e. The molecule has 0 heterocycles. The van der Waals surface area contributed by atoms with Gasteiger partial charge in [0.1, 0.15) is 0 Å². The van der Waals surface area contributed by atoms with E-state index in [1.54, 1.807) is 0 Å². The first kappa shape index (κ1) is 12.2. The standard InChI is InChI=1S/C13H19FSi/c1-15(2)13(9-6-10-14)11-12-7-4-3-5-8-12/h3-5,7-8,11,15H,6,9-10H2,1-2H3. The second-order valence-electron chi connectivity index (χ2n) is 4.08. The van der Waals surface area contributed by atoms with Gasteiger partial charge in [0.25, 0.3) is 0 Å². The molecule has 0 amide bonds. The molecular formula is C13H19FSi. The second-order valence-corrected chi connectivity index (χ2v) is 7.13. The van der Waals surface area contributed by atoms with Gasteiger partial charge in [0, 0.05) is 0 Å². The summed E-state index contributed by atoms with van der Waals surface area (Å²) in [6.07, 6.45) is 3.84. The average molecular weight is 222 g/mol. The summed E-state index contributed by atoms with van der Waals surface area (Å²) in [5, 5.41) is 1.47. The summed E-state index contributed by atoms with van der Waals surface area (Å²) in [5.74, 6) is 0. The molecule has 0 aliphatic carbocycles. The zero-order chi connectivity index (χ0) is 11.1. The fraction of sp³-hybridized carbons (Fsp3) is 0.385. The molecule has 0 saturated heterocycles. The lowest BCUT2D eigenvalue weighted by Crippen LogP contribution is -2.06. The maximum atomic E-state index is 12.1. The van der Waals surface area contributed by atoms with Crippen LogP contribution < -0.4 is 0 Å². The van der Waals surface area contributed by atoms with Crippen molar-refractivity contribution in [3.8, 4) is 0 Å². The van der Waals surface area contributed by atoms with Gasteiger partial charge in [-0.1, -0.05) is 54.7 Å². The van der Waals surface area contributed by atoms with E-state index in [2.05, 4.69) is 31.3 Å². The third kappa shape index (κ3) is 4.43. The number of hydrogen-bond acceptors (Lipinski definition) is 0. The van der Waals surface area contributed by atoms with Crippen molar-refractivity contribution < 1.29 is 4.39 Å². The minimum Gasteiger partial charge on any atom is -0.251 e. The molecule has 0 aromatic heterocycles. The highest BCUT2D eigenvalue weighted by atomic mass is 28.3. The van der Waals surface area contributed by atoms with Gasteiger partial charge in [-0.15, -0.1) is 0 Å². The Morgan fingerprint density at radius 3 is 2.47 bits per heavy atom. The van der Waals surface area contributed by atoms with E-state index in [0.29, 0.717) is 6.42 Å². The molecule has 0 atom stereocenters. The third-order valence-electron chi connectivity index (χ3n) is 2.49. The Balaban J connectivity index is 2.75. The molecule has 0 radical (unpaired) electrons. The lowest BCUT2D eigenvalue weighted by molar-refractivity contribution is 0.474. The van der Waals surface area contributed by atoms with Gasteiger partial charge >= 0.3 is 0 Å². The van der Waals surface area contributed by atoms with Crippen LogP contribution in [0.25, 0.3) is 6.08 Å². The molecule has 1 rings (SSSR count). The molecule has 0 aliphatic rings. The molecule has 2 heteroatoms. The predicted molar refractivity (Wildman–Crippen MR) is 68.5 cm³/mol. The van der Waals surface area contributed by atoms with E-state index in [0.717, 1.165) is 6.42 Å². The number of halogens is 1. The van der Waals surface area contributed by atoms with Gasteiger partial charge < -0.3 is 0 Å². The highest BCUT2D eigenvalue weighted by molar-refractivity contribution is 6.64. The van der Waals surface area contributed by atoms with Crippen molar-refractivity contribution in [2.75, 3.05) is 6.67 Å². The fourth-order valence-electron chi connectivity index (χ4n) is 1.56.